The molecular formula is C10H15ClN2O. The molecule has 0 aliphatic heterocycles. The molecule has 1 unspecified atom stereocenters. The van der Waals surface area contributed by atoms with Gasteiger partial charge < -0.3 is 10.4 Å². The number of aliphatic hydroxyl groups is 1. The van der Waals surface area contributed by atoms with Gasteiger partial charge in [0.25, 0.3) is 0 Å². The van der Waals surface area contributed by atoms with Gasteiger partial charge in [-0.2, -0.15) is 0 Å². The van der Waals surface area contributed by atoms with Crippen LogP contribution in [-0.2, 0) is 6.54 Å². The lowest BCUT2D eigenvalue weighted by atomic mass is 10.2. The van der Waals surface area contributed by atoms with Gasteiger partial charge in [-0.3, -0.25) is 0 Å². The number of rotatable bonds is 5. The van der Waals surface area contributed by atoms with Crippen molar-refractivity contribution in [2.24, 2.45) is 0 Å². The zero-order valence-corrected chi connectivity index (χ0v) is 8.96. The van der Waals surface area contributed by atoms with Crippen molar-refractivity contribution in [3.63, 3.8) is 0 Å². The molecule has 1 heterocycles. The highest BCUT2D eigenvalue weighted by molar-refractivity contribution is 6.29. The summed E-state index contributed by atoms with van der Waals surface area (Å²) in [5, 5.41) is 12.7. The zero-order chi connectivity index (χ0) is 10.4. The van der Waals surface area contributed by atoms with Crippen molar-refractivity contribution in [1.29, 1.82) is 0 Å². The van der Waals surface area contributed by atoms with E-state index >= 15 is 0 Å². The summed E-state index contributed by atoms with van der Waals surface area (Å²) in [6, 6.07) is 3.84. The molecule has 0 saturated carbocycles. The second-order valence-electron chi connectivity index (χ2n) is 3.16. The summed E-state index contributed by atoms with van der Waals surface area (Å²) in [5.41, 5.74) is 1.07. The number of hydrogen-bond donors (Lipinski definition) is 2. The van der Waals surface area contributed by atoms with Crippen LogP contribution in [0.4, 0.5) is 0 Å². The third kappa shape index (κ3) is 3.62. The van der Waals surface area contributed by atoms with E-state index in [2.05, 4.69) is 10.3 Å². The van der Waals surface area contributed by atoms with E-state index < -0.39 is 0 Å². The van der Waals surface area contributed by atoms with E-state index in [0.29, 0.717) is 11.7 Å². The third-order valence-electron chi connectivity index (χ3n) is 2.10. The van der Waals surface area contributed by atoms with Gasteiger partial charge in [0.15, 0.2) is 0 Å². The molecule has 0 fully saturated rings. The quantitative estimate of drug-likeness (QED) is 0.732. The van der Waals surface area contributed by atoms with Crippen LogP contribution in [0.15, 0.2) is 18.3 Å². The minimum atomic E-state index is 0.158. The Bertz CT molecular complexity index is 259. The first-order valence-electron chi connectivity index (χ1n) is 4.71. The number of aromatic nitrogens is 1. The van der Waals surface area contributed by atoms with Crippen LogP contribution in [-0.4, -0.2) is 22.7 Å². The molecule has 0 bridgehead atoms. The van der Waals surface area contributed by atoms with Crippen LogP contribution in [0.2, 0.25) is 5.15 Å². The standard InChI is InChI=1S/C10H15ClN2O/c1-2-9(7-14)12-5-8-3-4-10(11)13-6-8/h3-4,6,9,12,14H,2,5,7H2,1H3. The number of nitrogens with one attached hydrogen (secondary N) is 1. The summed E-state index contributed by atoms with van der Waals surface area (Å²) in [6.45, 7) is 2.91. The van der Waals surface area contributed by atoms with E-state index in [9.17, 15) is 0 Å². The Labute approximate surface area is 89.1 Å². The van der Waals surface area contributed by atoms with Crippen LogP contribution >= 0.6 is 11.6 Å². The van der Waals surface area contributed by atoms with Gasteiger partial charge in [0.1, 0.15) is 5.15 Å². The molecule has 1 atom stereocenters. The molecule has 1 aromatic heterocycles. The van der Waals surface area contributed by atoms with Crippen LogP contribution in [0.3, 0.4) is 0 Å². The van der Waals surface area contributed by atoms with Gasteiger partial charge in [0.05, 0.1) is 6.61 Å². The molecule has 0 amide bonds. The maximum absolute atomic E-state index is 8.95. The second kappa shape index (κ2) is 5.96. The smallest absolute Gasteiger partial charge is 0.129 e. The van der Waals surface area contributed by atoms with Crippen molar-refractivity contribution < 1.29 is 5.11 Å². The molecule has 78 valence electrons. The Balaban J connectivity index is 2.41. The van der Waals surface area contributed by atoms with Crippen LogP contribution < -0.4 is 5.32 Å². The molecule has 0 aliphatic carbocycles. The summed E-state index contributed by atoms with van der Waals surface area (Å²) >= 11 is 5.66. The van der Waals surface area contributed by atoms with Gasteiger partial charge in [-0.15, -0.1) is 0 Å². The number of pyridine rings is 1. The maximum Gasteiger partial charge on any atom is 0.129 e. The van der Waals surface area contributed by atoms with Crippen molar-refractivity contribution in [2.45, 2.75) is 25.9 Å². The Morgan fingerprint density at radius 2 is 2.36 bits per heavy atom. The highest BCUT2D eigenvalue weighted by atomic mass is 35.5. The lowest BCUT2D eigenvalue weighted by Crippen LogP contribution is -2.31. The molecule has 0 saturated heterocycles. The van der Waals surface area contributed by atoms with E-state index in [4.69, 9.17) is 16.7 Å². The predicted octanol–water partition coefficient (Wildman–Crippen LogP) is 1.60. The van der Waals surface area contributed by atoms with Crippen molar-refractivity contribution in [3.8, 4) is 0 Å². The fourth-order valence-electron chi connectivity index (χ4n) is 1.11. The lowest BCUT2D eigenvalue weighted by molar-refractivity contribution is 0.238. The Kier molecular flexibility index (Phi) is 4.87. The van der Waals surface area contributed by atoms with Gasteiger partial charge in [0, 0.05) is 18.8 Å². The molecule has 0 aromatic carbocycles. The largest absolute Gasteiger partial charge is 0.395 e. The minimum absolute atomic E-state index is 0.158. The normalized spacial score (nSPS) is 12.8. The van der Waals surface area contributed by atoms with Gasteiger partial charge in [-0.1, -0.05) is 24.6 Å². The van der Waals surface area contributed by atoms with Crippen molar-refractivity contribution in [1.82, 2.24) is 10.3 Å². The van der Waals surface area contributed by atoms with Crippen molar-refractivity contribution >= 4 is 11.6 Å². The first kappa shape index (κ1) is 11.4. The lowest BCUT2D eigenvalue weighted by Gasteiger charge is -2.13. The highest BCUT2D eigenvalue weighted by Crippen LogP contribution is 2.05. The predicted molar refractivity (Wildman–Crippen MR) is 57.3 cm³/mol. The topological polar surface area (TPSA) is 45.1 Å². The Hall–Kier alpha value is -0.640. The van der Waals surface area contributed by atoms with E-state index in [1.165, 1.54) is 0 Å². The molecular weight excluding hydrogens is 200 g/mol. The average molecular weight is 215 g/mol. The molecule has 2 N–H and O–H groups in total. The minimum Gasteiger partial charge on any atom is -0.395 e. The average Bonchev–Trinajstić information content (AvgIpc) is 2.22. The summed E-state index contributed by atoms with van der Waals surface area (Å²) in [7, 11) is 0. The first-order valence-corrected chi connectivity index (χ1v) is 5.08. The van der Waals surface area contributed by atoms with Crippen LogP contribution in [0.1, 0.15) is 18.9 Å². The fraction of sp³-hybridized carbons (Fsp3) is 0.500. The Morgan fingerprint density at radius 3 is 2.86 bits per heavy atom. The summed E-state index contributed by atoms with van der Waals surface area (Å²) < 4.78 is 0. The number of hydrogen-bond acceptors (Lipinski definition) is 3. The van der Waals surface area contributed by atoms with Gasteiger partial charge in [-0.05, 0) is 18.1 Å². The molecule has 3 nitrogen and oxygen atoms in total. The second-order valence-corrected chi connectivity index (χ2v) is 3.55. The molecule has 4 heteroatoms. The summed E-state index contributed by atoms with van der Waals surface area (Å²) in [5.74, 6) is 0. The molecule has 0 aliphatic rings. The first-order chi connectivity index (χ1) is 6.76. The zero-order valence-electron chi connectivity index (χ0n) is 8.20. The molecule has 14 heavy (non-hydrogen) atoms. The molecule has 1 rings (SSSR count). The van der Waals surface area contributed by atoms with E-state index in [1.807, 2.05) is 13.0 Å². The van der Waals surface area contributed by atoms with E-state index in [-0.39, 0.29) is 12.6 Å². The SMILES string of the molecule is CCC(CO)NCc1ccc(Cl)nc1. The monoisotopic (exact) mass is 214 g/mol. The maximum atomic E-state index is 8.95. The Morgan fingerprint density at radius 1 is 1.57 bits per heavy atom. The van der Waals surface area contributed by atoms with Gasteiger partial charge in [0.2, 0.25) is 0 Å². The number of nitrogens with zero attached hydrogens (tertiary/aromatic N) is 1. The number of halogens is 1. The van der Waals surface area contributed by atoms with Gasteiger partial charge >= 0.3 is 0 Å². The summed E-state index contributed by atoms with van der Waals surface area (Å²) in [4.78, 5) is 3.97. The van der Waals surface area contributed by atoms with Crippen LogP contribution in [0, 0.1) is 0 Å². The highest BCUT2D eigenvalue weighted by Gasteiger charge is 2.02. The number of aliphatic hydroxyl groups excluding tert-OH is 1. The van der Waals surface area contributed by atoms with Crippen LogP contribution in [0.25, 0.3) is 0 Å². The molecule has 0 spiro atoms. The molecule has 1 aromatic rings. The van der Waals surface area contributed by atoms with Crippen LogP contribution in [0.5, 0.6) is 0 Å². The fourth-order valence-corrected chi connectivity index (χ4v) is 1.22. The third-order valence-corrected chi connectivity index (χ3v) is 2.32. The van der Waals surface area contributed by atoms with E-state index in [1.54, 1.807) is 12.3 Å². The van der Waals surface area contributed by atoms with Gasteiger partial charge in [-0.25, -0.2) is 4.98 Å². The van der Waals surface area contributed by atoms with Crippen molar-refractivity contribution in [3.05, 3.63) is 29.0 Å². The molecule has 0 radical (unpaired) electrons. The summed E-state index contributed by atoms with van der Waals surface area (Å²) in [6.07, 6.45) is 2.65. The van der Waals surface area contributed by atoms with Crippen molar-refractivity contribution in [2.75, 3.05) is 6.61 Å². The van der Waals surface area contributed by atoms with E-state index in [0.717, 1.165) is 12.0 Å².